The molecule has 10 heavy (non-hydrogen) atoms. The fourth-order valence-electron chi connectivity index (χ4n) is 0.448. The fourth-order valence-corrected chi connectivity index (χ4v) is 1.34. The number of amides is 1. The Balaban J connectivity index is 3.30. The molecule has 0 saturated heterocycles. The van der Waals surface area contributed by atoms with Gasteiger partial charge in [-0.2, -0.15) is 0 Å². The molecule has 1 atom stereocenters. The molecule has 0 aromatic rings. The summed E-state index contributed by atoms with van der Waals surface area (Å²) < 4.78 is 10.8. The van der Waals surface area contributed by atoms with Gasteiger partial charge in [0.25, 0.3) is 0 Å². The van der Waals surface area contributed by atoms with Gasteiger partial charge < -0.3 is 11.5 Å². The van der Waals surface area contributed by atoms with E-state index in [0.29, 0.717) is 18.1 Å². The van der Waals surface area contributed by atoms with Crippen LogP contribution in [0.25, 0.3) is 0 Å². The SMILES string of the molecule is NCCS(=O)CCC(N)=O. The van der Waals surface area contributed by atoms with E-state index in [1.54, 1.807) is 0 Å². The van der Waals surface area contributed by atoms with Crippen LogP contribution in [0.5, 0.6) is 0 Å². The van der Waals surface area contributed by atoms with Crippen LogP contribution < -0.4 is 11.5 Å². The zero-order chi connectivity index (χ0) is 7.98. The highest BCUT2D eigenvalue weighted by Crippen LogP contribution is 1.85. The first-order valence-electron chi connectivity index (χ1n) is 3.00. The van der Waals surface area contributed by atoms with E-state index in [9.17, 15) is 9.00 Å². The van der Waals surface area contributed by atoms with Crippen LogP contribution in [0.1, 0.15) is 6.42 Å². The number of hydrogen-bond acceptors (Lipinski definition) is 3. The molecular formula is C5H12N2O2S. The van der Waals surface area contributed by atoms with E-state index in [1.165, 1.54) is 0 Å². The van der Waals surface area contributed by atoms with Crippen LogP contribution in [0.15, 0.2) is 0 Å². The fraction of sp³-hybridized carbons (Fsp3) is 0.800. The second-order valence-electron chi connectivity index (χ2n) is 1.85. The van der Waals surface area contributed by atoms with E-state index >= 15 is 0 Å². The lowest BCUT2D eigenvalue weighted by Gasteiger charge is -1.95. The van der Waals surface area contributed by atoms with E-state index in [2.05, 4.69) is 0 Å². The Hall–Kier alpha value is -0.420. The molecule has 0 saturated carbocycles. The normalized spacial score (nSPS) is 12.9. The Bertz CT molecular complexity index is 138. The molecule has 60 valence electrons. The molecule has 0 radical (unpaired) electrons. The molecule has 0 aromatic heterocycles. The third kappa shape index (κ3) is 5.71. The molecule has 0 rings (SSSR count). The summed E-state index contributed by atoms with van der Waals surface area (Å²) in [6.07, 6.45) is 0.187. The van der Waals surface area contributed by atoms with Crippen molar-refractivity contribution in [2.75, 3.05) is 18.1 Å². The number of nitrogens with two attached hydrogens (primary N) is 2. The minimum Gasteiger partial charge on any atom is -0.370 e. The maximum atomic E-state index is 10.8. The van der Waals surface area contributed by atoms with Gasteiger partial charge in [0, 0.05) is 35.3 Å². The van der Waals surface area contributed by atoms with Gasteiger partial charge >= 0.3 is 0 Å². The van der Waals surface area contributed by atoms with Crippen LogP contribution >= 0.6 is 0 Å². The Labute approximate surface area is 62.4 Å². The zero-order valence-corrected chi connectivity index (χ0v) is 6.52. The summed E-state index contributed by atoms with van der Waals surface area (Å²) in [5.41, 5.74) is 9.96. The standard InChI is InChI=1S/C5H12N2O2S/c6-2-4-10(9)3-1-5(7)8/h1-4,6H2,(H2,7,8). The minimum atomic E-state index is -0.966. The molecule has 1 unspecified atom stereocenters. The predicted molar refractivity (Wildman–Crippen MR) is 40.7 cm³/mol. The average Bonchev–Trinajstić information content (AvgIpc) is 1.85. The minimum absolute atomic E-state index is 0.187. The molecule has 1 amide bonds. The average molecular weight is 164 g/mol. The Morgan fingerprint density at radius 1 is 1.40 bits per heavy atom. The third-order valence-corrected chi connectivity index (χ3v) is 2.27. The number of primary amides is 1. The first-order chi connectivity index (χ1) is 4.66. The van der Waals surface area contributed by atoms with Gasteiger partial charge in [0.2, 0.25) is 5.91 Å². The quantitative estimate of drug-likeness (QED) is 0.522. The molecule has 5 heteroatoms. The summed E-state index contributed by atoms with van der Waals surface area (Å²) in [5, 5.41) is 0. The molecule has 0 fully saturated rings. The molecular weight excluding hydrogens is 152 g/mol. The molecule has 4 nitrogen and oxygen atoms in total. The second-order valence-corrected chi connectivity index (χ2v) is 3.55. The first kappa shape index (κ1) is 9.58. The maximum absolute atomic E-state index is 10.8. The van der Waals surface area contributed by atoms with E-state index in [-0.39, 0.29) is 6.42 Å². The van der Waals surface area contributed by atoms with Crippen molar-refractivity contribution in [2.45, 2.75) is 6.42 Å². The first-order valence-corrected chi connectivity index (χ1v) is 4.49. The lowest BCUT2D eigenvalue weighted by atomic mass is 10.5. The lowest BCUT2D eigenvalue weighted by molar-refractivity contribution is -0.117. The van der Waals surface area contributed by atoms with Crippen molar-refractivity contribution < 1.29 is 9.00 Å². The Morgan fingerprint density at radius 3 is 2.40 bits per heavy atom. The number of carbonyl (C=O) groups excluding carboxylic acids is 1. The summed E-state index contributed by atoms with van der Waals surface area (Å²) >= 11 is 0. The highest BCUT2D eigenvalue weighted by Gasteiger charge is 1.99. The summed E-state index contributed by atoms with van der Waals surface area (Å²) in [6, 6.07) is 0. The van der Waals surface area contributed by atoms with Crippen molar-refractivity contribution in [3.63, 3.8) is 0 Å². The number of rotatable bonds is 5. The molecule has 0 aliphatic carbocycles. The van der Waals surface area contributed by atoms with Gasteiger partial charge in [-0.25, -0.2) is 0 Å². The van der Waals surface area contributed by atoms with Gasteiger partial charge in [-0.1, -0.05) is 0 Å². The van der Waals surface area contributed by atoms with Gasteiger partial charge in [0.15, 0.2) is 0 Å². The van der Waals surface area contributed by atoms with Crippen LogP contribution in [0.2, 0.25) is 0 Å². The van der Waals surface area contributed by atoms with Crippen molar-refractivity contribution in [2.24, 2.45) is 11.5 Å². The van der Waals surface area contributed by atoms with Crippen LogP contribution in [0.3, 0.4) is 0 Å². The van der Waals surface area contributed by atoms with E-state index < -0.39 is 16.7 Å². The predicted octanol–water partition coefficient (Wildman–Crippen LogP) is -1.43. The monoisotopic (exact) mass is 164 g/mol. The smallest absolute Gasteiger partial charge is 0.218 e. The van der Waals surface area contributed by atoms with Crippen LogP contribution in [0.4, 0.5) is 0 Å². The van der Waals surface area contributed by atoms with Crippen LogP contribution in [-0.2, 0) is 15.6 Å². The van der Waals surface area contributed by atoms with Crippen molar-refractivity contribution in [1.82, 2.24) is 0 Å². The molecule has 0 bridgehead atoms. The van der Waals surface area contributed by atoms with Crippen LogP contribution in [0, 0.1) is 0 Å². The molecule has 0 heterocycles. The van der Waals surface area contributed by atoms with Crippen LogP contribution in [-0.4, -0.2) is 28.2 Å². The highest BCUT2D eigenvalue weighted by atomic mass is 32.2. The van der Waals surface area contributed by atoms with Crippen molar-refractivity contribution >= 4 is 16.7 Å². The Morgan fingerprint density at radius 2 is 2.00 bits per heavy atom. The van der Waals surface area contributed by atoms with Gasteiger partial charge in [-0.15, -0.1) is 0 Å². The van der Waals surface area contributed by atoms with E-state index in [1.807, 2.05) is 0 Å². The van der Waals surface area contributed by atoms with Gasteiger partial charge in [0.05, 0.1) is 0 Å². The summed E-state index contributed by atoms with van der Waals surface area (Å²) in [7, 11) is -0.966. The molecule has 0 aromatic carbocycles. The molecule has 0 spiro atoms. The van der Waals surface area contributed by atoms with Crippen molar-refractivity contribution in [3.05, 3.63) is 0 Å². The van der Waals surface area contributed by atoms with Gasteiger partial charge in [-0.3, -0.25) is 9.00 Å². The zero-order valence-electron chi connectivity index (χ0n) is 5.71. The Kier molecular flexibility index (Phi) is 5.15. The largest absolute Gasteiger partial charge is 0.370 e. The number of carbonyl (C=O) groups is 1. The molecule has 0 aliphatic heterocycles. The third-order valence-electron chi connectivity index (χ3n) is 0.922. The van der Waals surface area contributed by atoms with E-state index in [4.69, 9.17) is 11.5 Å². The van der Waals surface area contributed by atoms with E-state index in [0.717, 1.165) is 0 Å². The summed E-state index contributed by atoms with van der Waals surface area (Å²) in [5.74, 6) is 0.380. The number of hydrogen-bond donors (Lipinski definition) is 2. The van der Waals surface area contributed by atoms with Crippen molar-refractivity contribution in [1.29, 1.82) is 0 Å². The van der Waals surface area contributed by atoms with Crippen molar-refractivity contribution in [3.8, 4) is 0 Å². The maximum Gasteiger partial charge on any atom is 0.218 e. The summed E-state index contributed by atoms with van der Waals surface area (Å²) in [4.78, 5) is 10.2. The highest BCUT2D eigenvalue weighted by molar-refractivity contribution is 7.85. The van der Waals surface area contributed by atoms with Gasteiger partial charge in [-0.05, 0) is 0 Å². The van der Waals surface area contributed by atoms with Gasteiger partial charge in [0.1, 0.15) is 0 Å². The molecule has 4 N–H and O–H groups in total. The molecule has 0 aliphatic rings. The summed E-state index contributed by atoms with van der Waals surface area (Å²) in [6.45, 7) is 0.394. The topological polar surface area (TPSA) is 86.2 Å². The second kappa shape index (κ2) is 5.37. The lowest BCUT2D eigenvalue weighted by Crippen LogP contribution is -2.18.